The maximum Gasteiger partial charge on any atom is 0.359 e. The number of carbonyl (C=O) groups excluding carboxylic acids is 2. The van der Waals surface area contributed by atoms with E-state index in [9.17, 15) is 9.59 Å². The fourth-order valence-electron chi connectivity index (χ4n) is 4.21. The number of rotatable bonds is 1. The number of hydrogen-bond acceptors (Lipinski definition) is 5. The monoisotopic (exact) mass is 445 g/mol. The van der Waals surface area contributed by atoms with Crippen molar-refractivity contribution in [3.8, 4) is 5.69 Å². The molecule has 0 bridgehead atoms. The Kier molecular flexibility index (Phi) is 5.47. The lowest BCUT2D eigenvalue weighted by Crippen LogP contribution is -2.58. The van der Waals surface area contributed by atoms with Crippen molar-refractivity contribution in [3.05, 3.63) is 40.9 Å². The molecule has 0 unspecified atom stereocenters. The summed E-state index contributed by atoms with van der Waals surface area (Å²) in [5.41, 5.74) is 1.63. The number of piperazine rings is 1. The number of urea groups is 1. The number of halogens is 1. The van der Waals surface area contributed by atoms with E-state index < -0.39 is 11.6 Å². The van der Waals surface area contributed by atoms with Gasteiger partial charge in [-0.05, 0) is 52.8 Å². The van der Waals surface area contributed by atoms with E-state index in [1.807, 2.05) is 36.3 Å². The minimum absolute atomic E-state index is 0.119. The van der Waals surface area contributed by atoms with Crippen LogP contribution in [0.4, 0.5) is 10.5 Å². The predicted octanol–water partition coefficient (Wildman–Crippen LogP) is 3.60. The molecule has 2 aliphatic heterocycles. The number of hydrogen-bond donors (Lipinski definition) is 1. The van der Waals surface area contributed by atoms with Crippen LogP contribution in [0.3, 0.4) is 0 Å². The normalized spacial score (nSPS) is 20.8. The summed E-state index contributed by atoms with van der Waals surface area (Å²) in [6.07, 6.45) is 1.60. The minimum Gasteiger partial charge on any atom is -0.455 e. The molecular formula is C22H28ClN5O3. The van der Waals surface area contributed by atoms with E-state index in [4.69, 9.17) is 16.3 Å². The second kappa shape index (κ2) is 7.84. The summed E-state index contributed by atoms with van der Waals surface area (Å²) < 4.78 is 7.37. The summed E-state index contributed by atoms with van der Waals surface area (Å²) in [6, 6.07) is 5.65. The van der Waals surface area contributed by atoms with Gasteiger partial charge in [0.1, 0.15) is 11.9 Å². The van der Waals surface area contributed by atoms with Crippen molar-refractivity contribution < 1.29 is 14.3 Å². The summed E-state index contributed by atoms with van der Waals surface area (Å²) in [6.45, 7) is 11.0. The van der Waals surface area contributed by atoms with E-state index in [2.05, 4.69) is 24.1 Å². The number of ether oxygens (including phenoxy) is 1. The number of carbonyl (C=O) groups is 2. The third-order valence-electron chi connectivity index (χ3n) is 5.31. The van der Waals surface area contributed by atoms with Crippen molar-refractivity contribution in [3.63, 3.8) is 0 Å². The van der Waals surface area contributed by atoms with Crippen molar-refractivity contribution in [2.24, 2.45) is 0 Å². The van der Waals surface area contributed by atoms with Gasteiger partial charge in [0.05, 0.1) is 23.6 Å². The fourth-order valence-corrected chi connectivity index (χ4v) is 4.37. The number of amides is 2. The largest absolute Gasteiger partial charge is 0.455 e. The Morgan fingerprint density at radius 1 is 1.16 bits per heavy atom. The van der Waals surface area contributed by atoms with Crippen LogP contribution in [0.5, 0.6) is 0 Å². The highest BCUT2D eigenvalue weighted by Crippen LogP contribution is 2.36. The molecule has 1 aromatic carbocycles. The van der Waals surface area contributed by atoms with Gasteiger partial charge in [0.15, 0.2) is 5.69 Å². The van der Waals surface area contributed by atoms with Gasteiger partial charge < -0.3 is 15.0 Å². The fraction of sp³-hybridized carbons (Fsp3) is 0.500. The molecule has 4 rings (SSSR count). The highest BCUT2D eigenvalue weighted by molar-refractivity contribution is 6.31. The molecule has 2 amide bonds. The average Bonchev–Trinajstić information content (AvgIpc) is 3.08. The highest BCUT2D eigenvalue weighted by atomic mass is 35.5. The van der Waals surface area contributed by atoms with E-state index in [-0.39, 0.29) is 30.4 Å². The SMILES string of the molecule is C[C@@H]1CN(C(=O)N2Cc3c(C(=O)OC(C)(C)C)ncn3-c3ccc(Cl)cc32)C[C@H](C)N1. The van der Waals surface area contributed by atoms with Crippen LogP contribution in [-0.4, -0.2) is 57.2 Å². The maximum absolute atomic E-state index is 13.6. The van der Waals surface area contributed by atoms with Gasteiger partial charge in [-0.1, -0.05) is 11.6 Å². The first kappa shape index (κ1) is 21.6. The second-order valence-corrected chi connectivity index (χ2v) is 9.72. The lowest BCUT2D eigenvalue weighted by Gasteiger charge is -2.40. The predicted molar refractivity (Wildman–Crippen MR) is 119 cm³/mol. The molecule has 2 atom stereocenters. The smallest absolute Gasteiger partial charge is 0.359 e. The van der Waals surface area contributed by atoms with Crippen LogP contribution in [0.15, 0.2) is 24.5 Å². The quantitative estimate of drug-likeness (QED) is 0.678. The number of esters is 1. The van der Waals surface area contributed by atoms with Crippen molar-refractivity contribution in [1.82, 2.24) is 19.8 Å². The average molecular weight is 446 g/mol. The van der Waals surface area contributed by atoms with E-state index in [0.29, 0.717) is 29.5 Å². The number of nitrogens with one attached hydrogen (secondary N) is 1. The van der Waals surface area contributed by atoms with Gasteiger partial charge in [-0.25, -0.2) is 14.6 Å². The highest BCUT2D eigenvalue weighted by Gasteiger charge is 2.36. The lowest BCUT2D eigenvalue weighted by atomic mass is 10.1. The first-order valence-corrected chi connectivity index (χ1v) is 10.8. The number of fused-ring (bicyclic) bond motifs is 3. The zero-order valence-electron chi connectivity index (χ0n) is 18.5. The molecule has 8 nitrogen and oxygen atoms in total. The Hall–Kier alpha value is -2.58. The standard InChI is InChI=1S/C22H28ClN5O3/c1-13-9-26(10-14(2)25-13)21(30)27-11-18-19(20(29)31-22(3,4)5)24-12-28(18)16-7-6-15(23)8-17(16)27/h6-8,12-14,25H,9-11H2,1-5H3/t13-,14+. The number of benzene rings is 1. The Morgan fingerprint density at radius 3 is 2.48 bits per heavy atom. The number of imidazole rings is 1. The summed E-state index contributed by atoms with van der Waals surface area (Å²) in [7, 11) is 0. The van der Waals surface area contributed by atoms with Gasteiger partial charge in [-0.3, -0.25) is 9.47 Å². The van der Waals surface area contributed by atoms with Crippen LogP contribution in [-0.2, 0) is 11.3 Å². The molecule has 2 aliphatic rings. The summed E-state index contributed by atoms with van der Waals surface area (Å²) in [4.78, 5) is 34.2. The molecule has 3 heterocycles. The Balaban J connectivity index is 1.74. The van der Waals surface area contributed by atoms with Gasteiger partial charge in [0, 0.05) is 30.2 Å². The Morgan fingerprint density at radius 2 is 1.84 bits per heavy atom. The number of aromatic nitrogens is 2. The van der Waals surface area contributed by atoms with Gasteiger partial charge in [-0.2, -0.15) is 0 Å². The van der Waals surface area contributed by atoms with E-state index in [1.165, 1.54) is 0 Å². The number of anilines is 1. The van der Waals surface area contributed by atoms with Gasteiger partial charge >= 0.3 is 12.0 Å². The Labute approximate surface area is 187 Å². The van der Waals surface area contributed by atoms with Crippen LogP contribution in [0.25, 0.3) is 5.69 Å². The summed E-state index contributed by atoms with van der Waals surface area (Å²) in [5.74, 6) is -0.504. The lowest BCUT2D eigenvalue weighted by molar-refractivity contribution is 0.00619. The van der Waals surface area contributed by atoms with Crippen molar-refractivity contribution in [1.29, 1.82) is 0 Å². The zero-order valence-corrected chi connectivity index (χ0v) is 19.2. The third kappa shape index (κ3) is 4.27. The molecular weight excluding hydrogens is 418 g/mol. The molecule has 166 valence electrons. The molecule has 1 N–H and O–H groups in total. The van der Waals surface area contributed by atoms with Gasteiger partial charge in [0.2, 0.25) is 0 Å². The topological polar surface area (TPSA) is 79.7 Å². The molecule has 9 heteroatoms. The van der Waals surface area contributed by atoms with Crippen LogP contribution in [0.1, 0.15) is 50.8 Å². The van der Waals surface area contributed by atoms with Crippen LogP contribution >= 0.6 is 11.6 Å². The van der Waals surface area contributed by atoms with Crippen molar-refractivity contribution in [2.45, 2.75) is 58.8 Å². The van der Waals surface area contributed by atoms with Crippen molar-refractivity contribution >= 4 is 29.3 Å². The third-order valence-corrected chi connectivity index (χ3v) is 5.55. The molecule has 0 radical (unpaired) electrons. The van der Waals surface area contributed by atoms with Crippen LogP contribution in [0.2, 0.25) is 5.02 Å². The van der Waals surface area contributed by atoms with Crippen LogP contribution in [0, 0.1) is 0 Å². The maximum atomic E-state index is 13.6. The van der Waals surface area contributed by atoms with E-state index in [1.54, 1.807) is 23.4 Å². The number of nitrogens with zero attached hydrogens (tertiary/aromatic N) is 4. The summed E-state index contributed by atoms with van der Waals surface area (Å²) in [5, 5.41) is 3.98. The van der Waals surface area contributed by atoms with E-state index in [0.717, 1.165) is 5.69 Å². The first-order chi connectivity index (χ1) is 14.5. The molecule has 31 heavy (non-hydrogen) atoms. The molecule has 0 spiro atoms. The molecule has 1 saturated heterocycles. The van der Waals surface area contributed by atoms with Crippen LogP contribution < -0.4 is 10.2 Å². The molecule has 1 fully saturated rings. The minimum atomic E-state index is -0.643. The first-order valence-electron chi connectivity index (χ1n) is 10.5. The van der Waals surface area contributed by atoms with E-state index >= 15 is 0 Å². The summed E-state index contributed by atoms with van der Waals surface area (Å²) >= 11 is 6.27. The molecule has 0 aliphatic carbocycles. The van der Waals surface area contributed by atoms with Crippen molar-refractivity contribution in [2.75, 3.05) is 18.0 Å². The molecule has 2 aromatic rings. The zero-order chi connectivity index (χ0) is 22.5. The van der Waals surface area contributed by atoms with Gasteiger partial charge in [0.25, 0.3) is 0 Å². The van der Waals surface area contributed by atoms with Gasteiger partial charge in [-0.15, -0.1) is 0 Å². The second-order valence-electron chi connectivity index (χ2n) is 9.29. The molecule has 0 saturated carbocycles. The molecule has 1 aromatic heterocycles. The Bertz CT molecular complexity index is 1020.